The Kier molecular flexibility index (Phi) is 2.65. The van der Waals surface area contributed by atoms with E-state index in [1.54, 1.807) is 4.90 Å². The Hall–Kier alpha value is -2.45. The number of ether oxygens (including phenoxy) is 1. The lowest BCUT2D eigenvalue weighted by Crippen LogP contribution is -2.62. The van der Waals surface area contributed by atoms with Crippen molar-refractivity contribution in [3.05, 3.63) is 12.7 Å². The fraction of sp³-hybridized carbons (Fsp3) is 0.500. The third-order valence-electron chi connectivity index (χ3n) is 3.13. The summed E-state index contributed by atoms with van der Waals surface area (Å²) in [5.74, 6) is -0.472. The third kappa shape index (κ3) is 2.02. The van der Waals surface area contributed by atoms with Crippen LogP contribution in [0.15, 0.2) is 12.7 Å². The van der Waals surface area contributed by atoms with Crippen LogP contribution in [0.5, 0.6) is 0 Å². The fourth-order valence-corrected chi connectivity index (χ4v) is 2.09. The van der Waals surface area contributed by atoms with Gasteiger partial charge in [0, 0.05) is 13.1 Å². The second kappa shape index (κ2) is 4.34. The molecule has 0 atom stereocenters. The molecule has 0 aromatic carbocycles. The van der Waals surface area contributed by atoms with Gasteiger partial charge in [0.05, 0.1) is 6.04 Å². The summed E-state index contributed by atoms with van der Waals surface area (Å²) in [4.78, 5) is 40.9. The summed E-state index contributed by atoms with van der Waals surface area (Å²) in [5, 5.41) is 3.84. The molecule has 0 radical (unpaired) electrons. The van der Waals surface area contributed by atoms with Gasteiger partial charge in [-0.25, -0.2) is 19.4 Å². The molecule has 0 aliphatic carbocycles. The van der Waals surface area contributed by atoms with E-state index in [2.05, 4.69) is 14.8 Å². The number of hydrogen-bond donors (Lipinski definition) is 0. The van der Waals surface area contributed by atoms with Crippen LogP contribution < -0.4 is 0 Å². The molecule has 0 unspecified atom stereocenters. The van der Waals surface area contributed by atoms with E-state index in [0.717, 1.165) is 4.90 Å². The smallest absolute Gasteiger partial charge is 0.417 e. The molecule has 2 saturated heterocycles. The first-order chi connectivity index (χ1) is 9.15. The maximum Gasteiger partial charge on any atom is 0.417 e. The minimum Gasteiger partial charge on any atom is -0.439 e. The number of hydrogen-bond acceptors (Lipinski definition) is 6. The van der Waals surface area contributed by atoms with Gasteiger partial charge in [-0.2, -0.15) is 5.10 Å². The Morgan fingerprint density at radius 1 is 1.42 bits per heavy atom. The van der Waals surface area contributed by atoms with Gasteiger partial charge in [-0.3, -0.25) is 9.59 Å². The molecule has 3 amide bonds. The maximum atomic E-state index is 11.8. The van der Waals surface area contributed by atoms with Crippen LogP contribution in [0.25, 0.3) is 0 Å². The van der Waals surface area contributed by atoms with Crippen LogP contribution in [0.4, 0.5) is 4.79 Å². The molecule has 1 aromatic rings. The Bertz CT molecular complexity index is 506. The van der Waals surface area contributed by atoms with Crippen LogP contribution in [0, 0.1) is 0 Å². The van der Waals surface area contributed by atoms with Gasteiger partial charge in [-0.05, 0) is 0 Å². The Morgan fingerprint density at radius 2 is 2.21 bits per heavy atom. The summed E-state index contributed by atoms with van der Waals surface area (Å²) in [7, 11) is 0. The van der Waals surface area contributed by atoms with Crippen molar-refractivity contribution in [3.63, 3.8) is 0 Å². The third-order valence-corrected chi connectivity index (χ3v) is 3.13. The predicted molar refractivity (Wildman–Crippen MR) is 58.6 cm³/mol. The minimum atomic E-state index is -0.627. The first-order valence-corrected chi connectivity index (χ1v) is 5.74. The van der Waals surface area contributed by atoms with Gasteiger partial charge in [0.1, 0.15) is 19.2 Å². The van der Waals surface area contributed by atoms with E-state index in [-0.39, 0.29) is 31.0 Å². The van der Waals surface area contributed by atoms with Gasteiger partial charge in [-0.1, -0.05) is 0 Å². The number of nitrogens with zero attached hydrogens (tertiary/aromatic N) is 5. The molecule has 3 rings (SSSR count). The highest BCUT2D eigenvalue weighted by Gasteiger charge is 2.44. The van der Waals surface area contributed by atoms with E-state index in [1.807, 2.05) is 0 Å². The Morgan fingerprint density at radius 3 is 2.79 bits per heavy atom. The molecule has 19 heavy (non-hydrogen) atoms. The fourth-order valence-electron chi connectivity index (χ4n) is 2.09. The van der Waals surface area contributed by atoms with E-state index in [1.165, 1.54) is 17.3 Å². The molecule has 9 nitrogen and oxygen atoms in total. The molecule has 2 aliphatic heterocycles. The number of amides is 3. The lowest BCUT2D eigenvalue weighted by atomic mass is 10.1. The SMILES string of the molecule is O=C(Cn1cncn1)N1CC(N2C(=O)COC2=O)C1. The quantitative estimate of drug-likeness (QED) is 0.657. The molecule has 0 spiro atoms. The average Bonchev–Trinajstić information content (AvgIpc) is 2.91. The average molecular weight is 265 g/mol. The molecule has 0 bridgehead atoms. The lowest BCUT2D eigenvalue weighted by molar-refractivity contribution is -0.142. The number of imide groups is 1. The van der Waals surface area contributed by atoms with Crippen molar-refractivity contribution in [2.75, 3.05) is 19.7 Å². The van der Waals surface area contributed by atoms with Gasteiger partial charge >= 0.3 is 6.09 Å². The first kappa shape index (κ1) is 11.6. The Labute approximate surface area is 107 Å². The monoisotopic (exact) mass is 265 g/mol. The van der Waals surface area contributed by atoms with E-state index < -0.39 is 6.09 Å². The summed E-state index contributed by atoms with van der Waals surface area (Å²) >= 11 is 0. The second-order valence-corrected chi connectivity index (χ2v) is 4.36. The molecule has 100 valence electrons. The van der Waals surface area contributed by atoms with Gasteiger partial charge in [0.2, 0.25) is 5.91 Å². The number of carbonyl (C=O) groups is 3. The lowest BCUT2D eigenvalue weighted by Gasteiger charge is -2.41. The van der Waals surface area contributed by atoms with Gasteiger partial charge in [-0.15, -0.1) is 0 Å². The van der Waals surface area contributed by atoms with Crippen molar-refractivity contribution >= 4 is 17.9 Å². The highest BCUT2D eigenvalue weighted by Crippen LogP contribution is 2.19. The van der Waals surface area contributed by atoms with Crippen LogP contribution in [0.3, 0.4) is 0 Å². The Balaban J connectivity index is 1.54. The van der Waals surface area contributed by atoms with Crippen LogP contribution in [0.2, 0.25) is 0 Å². The maximum absolute atomic E-state index is 11.8. The van der Waals surface area contributed by atoms with Gasteiger partial charge in [0.25, 0.3) is 5.91 Å². The number of likely N-dealkylation sites (tertiary alicyclic amines) is 1. The number of aromatic nitrogens is 3. The molecular formula is C10H11N5O4. The zero-order valence-electron chi connectivity index (χ0n) is 9.93. The molecule has 3 heterocycles. The van der Waals surface area contributed by atoms with Crippen LogP contribution in [-0.4, -0.2) is 68.2 Å². The molecular weight excluding hydrogens is 254 g/mol. The summed E-state index contributed by atoms with van der Waals surface area (Å²) in [5.41, 5.74) is 0. The summed E-state index contributed by atoms with van der Waals surface area (Å²) in [6.07, 6.45) is 2.18. The summed E-state index contributed by atoms with van der Waals surface area (Å²) in [6, 6.07) is -0.276. The van der Waals surface area contributed by atoms with Crippen molar-refractivity contribution < 1.29 is 19.1 Å². The van der Waals surface area contributed by atoms with Gasteiger partial charge < -0.3 is 9.64 Å². The normalized spacial score (nSPS) is 19.6. The molecule has 2 aliphatic rings. The topological polar surface area (TPSA) is 97.6 Å². The molecule has 2 fully saturated rings. The zero-order valence-corrected chi connectivity index (χ0v) is 9.93. The number of cyclic esters (lactones) is 1. The van der Waals surface area contributed by atoms with Crippen molar-refractivity contribution in [1.82, 2.24) is 24.6 Å². The van der Waals surface area contributed by atoms with Gasteiger partial charge in [0.15, 0.2) is 6.61 Å². The van der Waals surface area contributed by atoms with Crippen LogP contribution >= 0.6 is 0 Å². The van der Waals surface area contributed by atoms with Crippen molar-refractivity contribution in [3.8, 4) is 0 Å². The van der Waals surface area contributed by atoms with E-state index >= 15 is 0 Å². The largest absolute Gasteiger partial charge is 0.439 e. The second-order valence-electron chi connectivity index (χ2n) is 4.36. The van der Waals surface area contributed by atoms with E-state index in [4.69, 9.17) is 0 Å². The highest BCUT2D eigenvalue weighted by atomic mass is 16.6. The van der Waals surface area contributed by atoms with Crippen LogP contribution in [-0.2, 0) is 20.9 Å². The summed E-state index contributed by atoms with van der Waals surface area (Å²) < 4.78 is 6.05. The van der Waals surface area contributed by atoms with E-state index in [0.29, 0.717) is 13.1 Å². The zero-order chi connectivity index (χ0) is 13.4. The molecule has 0 saturated carbocycles. The highest BCUT2D eigenvalue weighted by molar-refractivity contribution is 5.98. The standard InChI is InChI=1S/C10H11N5O4/c16-8(3-14-6-11-5-12-14)13-1-7(2-13)15-9(17)4-19-10(15)18/h5-7H,1-4H2. The van der Waals surface area contributed by atoms with Crippen LogP contribution in [0.1, 0.15) is 0 Å². The van der Waals surface area contributed by atoms with Crippen molar-refractivity contribution in [2.45, 2.75) is 12.6 Å². The van der Waals surface area contributed by atoms with E-state index in [9.17, 15) is 14.4 Å². The first-order valence-electron chi connectivity index (χ1n) is 5.74. The molecule has 9 heteroatoms. The number of carbonyl (C=O) groups excluding carboxylic acids is 3. The minimum absolute atomic E-state index is 0.102. The summed E-state index contributed by atoms with van der Waals surface area (Å²) in [6.45, 7) is 0.579. The predicted octanol–water partition coefficient (Wildman–Crippen LogP) is -1.53. The van der Waals surface area contributed by atoms with Crippen molar-refractivity contribution in [1.29, 1.82) is 0 Å². The van der Waals surface area contributed by atoms with Crippen molar-refractivity contribution in [2.24, 2.45) is 0 Å². The number of rotatable bonds is 3. The molecule has 0 N–H and O–H groups in total. The molecule has 1 aromatic heterocycles.